The molecule has 1 atom stereocenters. The summed E-state index contributed by atoms with van der Waals surface area (Å²) in [6, 6.07) is 10.4. The van der Waals surface area contributed by atoms with Crippen LogP contribution in [0.4, 0.5) is 5.69 Å². The highest BCUT2D eigenvalue weighted by Gasteiger charge is 2.30. The summed E-state index contributed by atoms with van der Waals surface area (Å²) < 4.78 is 31.3. The van der Waals surface area contributed by atoms with E-state index in [0.29, 0.717) is 27.9 Å². The molecule has 0 saturated heterocycles. The number of methoxy groups -OCH3 is 1. The Balaban J connectivity index is 2.40. The molecule has 0 aliphatic rings. The van der Waals surface area contributed by atoms with Crippen molar-refractivity contribution in [2.45, 2.75) is 32.9 Å². The topological polar surface area (TPSA) is 96.0 Å². The molecule has 11 heteroatoms. The maximum absolute atomic E-state index is 13.5. The summed E-state index contributed by atoms with van der Waals surface area (Å²) in [5, 5.41) is 3.44. The molecule has 2 rings (SSSR count). The first-order chi connectivity index (χ1) is 16.0. The minimum Gasteiger partial charge on any atom is -0.497 e. The Morgan fingerprint density at radius 1 is 1.12 bits per heavy atom. The smallest absolute Gasteiger partial charge is 0.244 e. The summed E-state index contributed by atoms with van der Waals surface area (Å²) in [4.78, 5) is 27.5. The van der Waals surface area contributed by atoms with Crippen molar-refractivity contribution in [1.82, 2.24) is 10.2 Å². The van der Waals surface area contributed by atoms with Gasteiger partial charge in [-0.25, -0.2) is 8.42 Å². The standard InChI is InChI=1S/C23H29Cl2N3O5S/c1-5-11-26-23(30)16(2)27(14-17-9-10-20(24)21(25)12-17)22(29)15-28(34(4,31)32)18-7-6-8-19(13-18)33-3/h6-10,12-13,16H,5,11,14-15H2,1-4H3,(H,26,30)/t16-/m0/s1. The van der Waals surface area contributed by atoms with Crippen LogP contribution in [0.2, 0.25) is 10.0 Å². The lowest BCUT2D eigenvalue weighted by atomic mass is 10.1. The number of rotatable bonds is 11. The van der Waals surface area contributed by atoms with Crippen molar-refractivity contribution in [1.29, 1.82) is 0 Å². The number of ether oxygens (including phenoxy) is 1. The van der Waals surface area contributed by atoms with E-state index in [-0.39, 0.29) is 18.1 Å². The molecule has 0 fully saturated rings. The molecule has 1 N–H and O–H groups in total. The van der Waals surface area contributed by atoms with Crippen LogP contribution in [0.25, 0.3) is 0 Å². The van der Waals surface area contributed by atoms with Crippen molar-refractivity contribution in [2.75, 3.05) is 30.8 Å². The van der Waals surface area contributed by atoms with E-state index < -0.39 is 28.5 Å². The van der Waals surface area contributed by atoms with Crippen LogP contribution in [0.5, 0.6) is 5.75 Å². The van der Waals surface area contributed by atoms with Gasteiger partial charge in [0.15, 0.2) is 0 Å². The lowest BCUT2D eigenvalue weighted by molar-refractivity contribution is -0.139. The number of benzene rings is 2. The van der Waals surface area contributed by atoms with Crippen molar-refractivity contribution in [3.05, 3.63) is 58.1 Å². The second-order valence-electron chi connectivity index (χ2n) is 7.71. The van der Waals surface area contributed by atoms with E-state index in [1.54, 1.807) is 43.3 Å². The van der Waals surface area contributed by atoms with E-state index >= 15 is 0 Å². The van der Waals surface area contributed by atoms with E-state index in [9.17, 15) is 18.0 Å². The molecule has 8 nitrogen and oxygen atoms in total. The Bertz CT molecular complexity index is 1130. The zero-order valence-electron chi connectivity index (χ0n) is 19.5. The Labute approximate surface area is 210 Å². The summed E-state index contributed by atoms with van der Waals surface area (Å²) >= 11 is 12.1. The Hall–Kier alpha value is -2.49. The minimum atomic E-state index is -3.83. The number of amides is 2. The fraction of sp³-hybridized carbons (Fsp3) is 0.391. The van der Waals surface area contributed by atoms with Gasteiger partial charge in [-0.15, -0.1) is 0 Å². The minimum absolute atomic E-state index is 0.0339. The zero-order chi connectivity index (χ0) is 25.5. The van der Waals surface area contributed by atoms with Crippen LogP contribution < -0.4 is 14.4 Å². The molecule has 0 unspecified atom stereocenters. The van der Waals surface area contributed by atoms with E-state index in [4.69, 9.17) is 27.9 Å². The van der Waals surface area contributed by atoms with E-state index in [2.05, 4.69) is 5.32 Å². The number of anilines is 1. The maximum Gasteiger partial charge on any atom is 0.244 e. The molecule has 0 heterocycles. The lowest BCUT2D eigenvalue weighted by Crippen LogP contribution is -2.51. The number of nitrogens with zero attached hydrogens (tertiary/aromatic N) is 2. The van der Waals surface area contributed by atoms with E-state index in [1.807, 2.05) is 6.92 Å². The number of hydrogen-bond donors (Lipinski definition) is 1. The Morgan fingerprint density at radius 2 is 1.82 bits per heavy atom. The largest absolute Gasteiger partial charge is 0.497 e. The molecule has 2 aromatic carbocycles. The van der Waals surface area contributed by atoms with Crippen LogP contribution in [0.15, 0.2) is 42.5 Å². The fourth-order valence-corrected chi connectivity index (χ4v) is 4.35. The van der Waals surface area contributed by atoms with Crippen molar-refractivity contribution < 1.29 is 22.7 Å². The number of sulfonamides is 1. The summed E-state index contributed by atoms with van der Waals surface area (Å²) in [5.74, 6) is -0.459. The van der Waals surface area contributed by atoms with Crippen LogP contribution in [0.1, 0.15) is 25.8 Å². The quantitative estimate of drug-likeness (QED) is 0.478. The van der Waals surface area contributed by atoms with Gasteiger partial charge in [0.25, 0.3) is 0 Å². The number of hydrogen-bond acceptors (Lipinski definition) is 5. The summed E-state index contributed by atoms with van der Waals surface area (Å²) in [6.45, 7) is 3.50. The molecule has 0 radical (unpaired) electrons. The molecule has 0 bridgehead atoms. The van der Waals surface area contributed by atoms with Gasteiger partial charge in [-0.2, -0.15) is 0 Å². The zero-order valence-corrected chi connectivity index (χ0v) is 21.9. The first-order valence-electron chi connectivity index (χ1n) is 10.6. The van der Waals surface area contributed by atoms with Gasteiger partial charge in [0.05, 0.1) is 29.1 Å². The van der Waals surface area contributed by atoms with Crippen LogP contribution in [-0.4, -0.2) is 57.6 Å². The molecule has 0 aromatic heterocycles. The van der Waals surface area contributed by atoms with Crippen LogP contribution >= 0.6 is 23.2 Å². The number of nitrogens with one attached hydrogen (secondary N) is 1. The maximum atomic E-state index is 13.5. The number of carbonyl (C=O) groups is 2. The highest BCUT2D eigenvalue weighted by atomic mass is 35.5. The molecule has 0 aliphatic carbocycles. The van der Waals surface area contributed by atoms with Crippen molar-refractivity contribution in [3.63, 3.8) is 0 Å². The highest BCUT2D eigenvalue weighted by Crippen LogP contribution is 2.25. The monoisotopic (exact) mass is 529 g/mol. The summed E-state index contributed by atoms with van der Waals surface area (Å²) in [7, 11) is -2.36. The fourth-order valence-electron chi connectivity index (χ4n) is 3.19. The van der Waals surface area contributed by atoms with Crippen LogP contribution in [-0.2, 0) is 26.2 Å². The highest BCUT2D eigenvalue weighted by molar-refractivity contribution is 7.92. The first kappa shape index (κ1) is 27.8. The predicted molar refractivity (Wildman–Crippen MR) is 135 cm³/mol. The number of carbonyl (C=O) groups excluding carboxylic acids is 2. The second kappa shape index (κ2) is 12.3. The number of halogens is 2. The molecular formula is C23H29Cl2N3O5S. The van der Waals surface area contributed by atoms with Gasteiger partial charge in [-0.1, -0.05) is 42.3 Å². The molecule has 0 spiro atoms. The van der Waals surface area contributed by atoms with Crippen LogP contribution in [0.3, 0.4) is 0 Å². The van der Waals surface area contributed by atoms with Gasteiger partial charge in [-0.3, -0.25) is 13.9 Å². The van der Waals surface area contributed by atoms with Gasteiger partial charge in [-0.05, 0) is 43.2 Å². The molecule has 0 saturated carbocycles. The van der Waals surface area contributed by atoms with Gasteiger partial charge in [0, 0.05) is 19.2 Å². The summed E-state index contributed by atoms with van der Waals surface area (Å²) in [6.07, 6.45) is 1.75. The molecule has 0 aliphatic heterocycles. The van der Waals surface area contributed by atoms with Gasteiger partial charge in [0.2, 0.25) is 21.8 Å². The normalized spacial score (nSPS) is 12.1. The average Bonchev–Trinajstić information content (AvgIpc) is 2.80. The lowest BCUT2D eigenvalue weighted by Gasteiger charge is -2.31. The van der Waals surface area contributed by atoms with Gasteiger partial charge < -0.3 is 15.0 Å². The SMILES string of the molecule is CCCNC(=O)[C@H](C)N(Cc1ccc(Cl)c(Cl)c1)C(=O)CN(c1cccc(OC)c1)S(C)(=O)=O. The molecule has 34 heavy (non-hydrogen) atoms. The third-order valence-corrected chi connectivity index (χ3v) is 6.95. The first-order valence-corrected chi connectivity index (χ1v) is 13.2. The Kier molecular flexibility index (Phi) is 10.0. The van der Waals surface area contributed by atoms with Crippen molar-refractivity contribution in [3.8, 4) is 5.75 Å². The van der Waals surface area contributed by atoms with Crippen LogP contribution in [0, 0.1) is 0 Å². The predicted octanol–water partition coefficient (Wildman–Crippen LogP) is 3.71. The third-order valence-electron chi connectivity index (χ3n) is 5.07. The van der Waals surface area contributed by atoms with Gasteiger partial charge in [0.1, 0.15) is 18.3 Å². The molecular weight excluding hydrogens is 501 g/mol. The van der Waals surface area contributed by atoms with E-state index in [1.165, 1.54) is 18.1 Å². The third kappa shape index (κ3) is 7.51. The van der Waals surface area contributed by atoms with Crippen molar-refractivity contribution in [2.24, 2.45) is 0 Å². The van der Waals surface area contributed by atoms with Crippen molar-refractivity contribution >= 4 is 50.7 Å². The second-order valence-corrected chi connectivity index (χ2v) is 10.4. The average molecular weight is 530 g/mol. The molecule has 2 aromatic rings. The van der Waals surface area contributed by atoms with Gasteiger partial charge >= 0.3 is 0 Å². The molecule has 186 valence electrons. The molecule has 2 amide bonds. The summed E-state index contributed by atoms with van der Waals surface area (Å²) in [5.41, 5.74) is 0.915. The Morgan fingerprint density at radius 3 is 2.41 bits per heavy atom. The van der Waals surface area contributed by atoms with E-state index in [0.717, 1.165) is 17.0 Å².